The van der Waals surface area contributed by atoms with E-state index in [4.69, 9.17) is 0 Å². The molecule has 0 N–H and O–H groups in total. The molecule has 1 aromatic heterocycles. The van der Waals surface area contributed by atoms with Gasteiger partial charge in [0.1, 0.15) is 5.03 Å². The van der Waals surface area contributed by atoms with Crippen LogP contribution in [0.5, 0.6) is 0 Å². The molecule has 3 nitrogen and oxygen atoms in total. The van der Waals surface area contributed by atoms with Crippen molar-refractivity contribution in [1.29, 1.82) is 0 Å². The number of rotatable bonds is 1. The molecule has 1 unspecified atom stereocenters. The Balaban J connectivity index is 2.69. The Morgan fingerprint density at radius 3 is 2.62 bits per heavy atom. The summed E-state index contributed by atoms with van der Waals surface area (Å²) in [6, 6.07) is 7.53. The number of para-hydroxylation sites is 2. The first kappa shape index (κ1) is 8.31. The van der Waals surface area contributed by atoms with Crippen molar-refractivity contribution in [3.05, 3.63) is 30.5 Å². The fourth-order valence-corrected chi connectivity index (χ4v) is 1.51. The molecule has 0 saturated heterocycles. The molecule has 0 saturated carbocycles. The van der Waals surface area contributed by atoms with Crippen molar-refractivity contribution in [2.45, 2.75) is 5.03 Å². The minimum Gasteiger partial charge on any atom is -0.253 e. The Morgan fingerprint density at radius 2 is 1.92 bits per heavy atom. The molecule has 0 aliphatic rings. The zero-order chi connectivity index (χ0) is 9.26. The summed E-state index contributed by atoms with van der Waals surface area (Å²) < 4.78 is 11.1. The van der Waals surface area contributed by atoms with E-state index in [0.29, 0.717) is 5.03 Å². The van der Waals surface area contributed by atoms with Crippen LogP contribution in [0.25, 0.3) is 11.0 Å². The molecular formula is C9H8N2OS. The lowest BCUT2D eigenvalue weighted by molar-refractivity contribution is 0.684. The number of aromatic nitrogens is 2. The van der Waals surface area contributed by atoms with Gasteiger partial charge >= 0.3 is 0 Å². The van der Waals surface area contributed by atoms with E-state index in [2.05, 4.69) is 9.97 Å². The predicted molar refractivity (Wildman–Crippen MR) is 51.9 cm³/mol. The Hall–Kier alpha value is -1.29. The summed E-state index contributed by atoms with van der Waals surface area (Å²) in [6.07, 6.45) is 3.15. The molecular weight excluding hydrogens is 184 g/mol. The van der Waals surface area contributed by atoms with E-state index < -0.39 is 10.8 Å². The van der Waals surface area contributed by atoms with Gasteiger partial charge in [0.15, 0.2) is 0 Å². The number of hydrogen-bond donors (Lipinski definition) is 0. The molecule has 0 radical (unpaired) electrons. The van der Waals surface area contributed by atoms with Gasteiger partial charge in [0.2, 0.25) is 0 Å². The Morgan fingerprint density at radius 1 is 1.23 bits per heavy atom. The molecule has 4 heteroatoms. The van der Waals surface area contributed by atoms with Gasteiger partial charge in [-0.3, -0.25) is 9.19 Å². The number of nitrogens with zero attached hydrogens (tertiary/aromatic N) is 2. The fraction of sp³-hybridized carbons (Fsp3) is 0.111. The lowest BCUT2D eigenvalue weighted by Crippen LogP contribution is -1.94. The van der Waals surface area contributed by atoms with Gasteiger partial charge in [-0.15, -0.1) is 0 Å². The summed E-state index contributed by atoms with van der Waals surface area (Å²) in [6.45, 7) is 0. The molecule has 2 aromatic rings. The van der Waals surface area contributed by atoms with Crippen LogP contribution in [0.1, 0.15) is 0 Å². The summed E-state index contributed by atoms with van der Waals surface area (Å²) in [5, 5.41) is 0.527. The summed E-state index contributed by atoms with van der Waals surface area (Å²) in [7, 11) is -1.06. The van der Waals surface area contributed by atoms with Crippen LogP contribution in [0.3, 0.4) is 0 Å². The molecule has 13 heavy (non-hydrogen) atoms. The molecule has 0 aliphatic heterocycles. The van der Waals surface area contributed by atoms with Crippen LogP contribution in [0.15, 0.2) is 35.5 Å². The van der Waals surface area contributed by atoms with Gasteiger partial charge in [0, 0.05) is 6.26 Å². The molecule has 0 bridgehead atoms. The second-order valence-electron chi connectivity index (χ2n) is 2.65. The summed E-state index contributed by atoms with van der Waals surface area (Å²) in [4.78, 5) is 8.36. The average Bonchev–Trinajstić information content (AvgIpc) is 2.17. The van der Waals surface area contributed by atoms with Crippen LogP contribution in [0.2, 0.25) is 0 Å². The van der Waals surface area contributed by atoms with E-state index in [0.717, 1.165) is 11.0 Å². The molecule has 0 aliphatic carbocycles. The quantitative estimate of drug-likeness (QED) is 0.685. The maximum atomic E-state index is 11.1. The second kappa shape index (κ2) is 3.22. The first-order valence-corrected chi connectivity index (χ1v) is 5.38. The highest BCUT2D eigenvalue weighted by Gasteiger charge is 2.01. The summed E-state index contributed by atoms with van der Waals surface area (Å²) in [5.74, 6) is 0. The molecule has 1 heterocycles. The highest BCUT2D eigenvalue weighted by atomic mass is 32.2. The normalized spacial score (nSPS) is 13.0. The van der Waals surface area contributed by atoms with Crippen molar-refractivity contribution in [2.75, 3.05) is 6.26 Å². The lowest BCUT2D eigenvalue weighted by atomic mass is 10.3. The van der Waals surface area contributed by atoms with Crippen LogP contribution in [-0.2, 0) is 10.8 Å². The van der Waals surface area contributed by atoms with E-state index in [1.54, 1.807) is 12.5 Å². The van der Waals surface area contributed by atoms with Gasteiger partial charge in [-0.2, -0.15) is 0 Å². The summed E-state index contributed by atoms with van der Waals surface area (Å²) in [5.41, 5.74) is 1.62. The van der Waals surface area contributed by atoms with Gasteiger partial charge in [-0.25, -0.2) is 4.98 Å². The molecule has 2 rings (SSSR count). The Kier molecular flexibility index (Phi) is 2.06. The SMILES string of the molecule is CS(=O)c1cnc2ccccc2n1. The zero-order valence-corrected chi connectivity index (χ0v) is 7.91. The highest BCUT2D eigenvalue weighted by molar-refractivity contribution is 7.84. The third-order valence-electron chi connectivity index (χ3n) is 1.72. The van der Waals surface area contributed by atoms with Crippen LogP contribution in [-0.4, -0.2) is 20.4 Å². The second-order valence-corrected chi connectivity index (χ2v) is 3.98. The largest absolute Gasteiger partial charge is 0.253 e. The molecule has 0 spiro atoms. The molecule has 0 fully saturated rings. The Bertz CT molecular complexity index is 470. The number of fused-ring (bicyclic) bond motifs is 1. The minimum atomic E-state index is -1.06. The van der Waals surface area contributed by atoms with Gasteiger partial charge in [0.05, 0.1) is 28.0 Å². The van der Waals surface area contributed by atoms with Gasteiger partial charge in [0.25, 0.3) is 0 Å². The van der Waals surface area contributed by atoms with E-state index in [1.807, 2.05) is 24.3 Å². The maximum absolute atomic E-state index is 11.1. The van der Waals surface area contributed by atoms with Crippen molar-refractivity contribution in [3.63, 3.8) is 0 Å². The average molecular weight is 192 g/mol. The number of hydrogen-bond acceptors (Lipinski definition) is 3. The topological polar surface area (TPSA) is 42.9 Å². The van der Waals surface area contributed by atoms with Crippen molar-refractivity contribution < 1.29 is 4.21 Å². The van der Waals surface area contributed by atoms with Gasteiger partial charge in [-0.05, 0) is 12.1 Å². The highest BCUT2D eigenvalue weighted by Crippen LogP contribution is 2.09. The first-order valence-electron chi connectivity index (χ1n) is 3.82. The van der Waals surface area contributed by atoms with Crippen LogP contribution in [0.4, 0.5) is 0 Å². The van der Waals surface area contributed by atoms with E-state index in [-0.39, 0.29) is 0 Å². The van der Waals surface area contributed by atoms with E-state index in [1.165, 1.54) is 0 Å². The predicted octanol–water partition coefficient (Wildman–Crippen LogP) is 1.37. The smallest absolute Gasteiger partial charge is 0.145 e. The van der Waals surface area contributed by atoms with E-state index in [9.17, 15) is 4.21 Å². The summed E-state index contributed by atoms with van der Waals surface area (Å²) >= 11 is 0. The van der Waals surface area contributed by atoms with Crippen molar-refractivity contribution >= 4 is 21.8 Å². The van der Waals surface area contributed by atoms with Crippen molar-refractivity contribution in [3.8, 4) is 0 Å². The molecule has 1 aromatic carbocycles. The van der Waals surface area contributed by atoms with Crippen molar-refractivity contribution in [1.82, 2.24) is 9.97 Å². The number of benzene rings is 1. The zero-order valence-electron chi connectivity index (χ0n) is 7.10. The molecule has 0 amide bonds. The minimum absolute atomic E-state index is 0.527. The lowest BCUT2D eigenvalue weighted by Gasteiger charge is -1.97. The third kappa shape index (κ3) is 1.58. The van der Waals surface area contributed by atoms with Crippen LogP contribution in [0, 0.1) is 0 Å². The van der Waals surface area contributed by atoms with Crippen molar-refractivity contribution in [2.24, 2.45) is 0 Å². The molecule has 66 valence electrons. The fourth-order valence-electron chi connectivity index (χ4n) is 1.08. The first-order chi connectivity index (χ1) is 6.27. The maximum Gasteiger partial charge on any atom is 0.145 e. The van der Waals surface area contributed by atoms with Gasteiger partial charge in [-0.1, -0.05) is 12.1 Å². The molecule has 1 atom stereocenters. The standard InChI is InChI=1S/C9H8N2OS/c1-13(12)9-6-10-7-4-2-3-5-8(7)11-9/h2-6H,1H3. The third-order valence-corrected chi connectivity index (χ3v) is 2.51. The Labute approximate surface area is 78.3 Å². The van der Waals surface area contributed by atoms with E-state index >= 15 is 0 Å². The van der Waals surface area contributed by atoms with Crippen LogP contribution >= 0.6 is 0 Å². The monoisotopic (exact) mass is 192 g/mol. The van der Waals surface area contributed by atoms with Crippen LogP contribution < -0.4 is 0 Å². The van der Waals surface area contributed by atoms with Gasteiger partial charge < -0.3 is 0 Å².